The molecule has 0 spiro atoms. The molecule has 0 amide bonds. The van der Waals surface area contributed by atoms with Crippen LogP contribution in [0.1, 0.15) is 38.5 Å². The molecule has 4 fully saturated rings. The number of hydrogen-bond acceptors (Lipinski definition) is 3. The molecule has 0 saturated heterocycles. The minimum Gasteiger partial charge on any atom is -0.437 e. The van der Waals surface area contributed by atoms with Gasteiger partial charge in [0.2, 0.25) is 0 Å². The average Bonchev–Trinajstić information content (AvgIpc) is 2.28. The van der Waals surface area contributed by atoms with Crippen molar-refractivity contribution in [3.05, 3.63) is 12.8 Å². The molecule has 0 aromatic rings. The van der Waals surface area contributed by atoms with Gasteiger partial charge in [-0.15, -0.1) is 0 Å². The highest BCUT2D eigenvalue weighted by Gasteiger charge is 2.41. The lowest BCUT2D eigenvalue weighted by Gasteiger charge is -2.49. The van der Waals surface area contributed by atoms with Crippen molar-refractivity contribution in [2.75, 3.05) is 7.11 Å². The maximum Gasteiger partial charge on any atom is 0.512 e. The molecule has 0 unspecified atom stereocenters. The lowest BCUT2D eigenvalue weighted by atomic mass is 9.56. The summed E-state index contributed by atoms with van der Waals surface area (Å²) < 4.78 is 8.15. The van der Waals surface area contributed by atoms with E-state index in [1.54, 1.807) is 38.5 Å². The van der Waals surface area contributed by atoms with E-state index in [4.69, 9.17) is 0 Å². The number of methoxy groups -OCH3 is 1. The Balaban J connectivity index is 0.000000139. The largest absolute Gasteiger partial charge is 0.512 e. The predicted molar refractivity (Wildman–Crippen MR) is 65.3 cm³/mol. The Hall–Kier alpha value is -0.990. The van der Waals surface area contributed by atoms with Gasteiger partial charge in [0.05, 0.1) is 13.4 Å². The molecule has 0 aromatic carbocycles. The third-order valence-electron chi connectivity index (χ3n) is 4.35. The van der Waals surface area contributed by atoms with Crippen molar-refractivity contribution < 1.29 is 14.3 Å². The summed E-state index contributed by atoms with van der Waals surface area (Å²) in [5.74, 6) is 4.71. The summed E-state index contributed by atoms with van der Waals surface area (Å²) >= 11 is 0. The summed E-state index contributed by atoms with van der Waals surface area (Å²) in [7, 11) is 1.23. The summed E-state index contributed by atoms with van der Waals surface area (Å²) in [5.41, 5.74) is 0. The lowest BCUT2D eigenvalue weighted by molar-refractivity contribution is 0.0198. The molecule has 4 bridgehead atoms. The fourth-order valence-corrected chi connectivity index (χ4v) is 4.10. The topological polar surface area (TPSA) is 35.5 Å². The van der Waals surface area contributed by atoms with Gasteiger partial charge in [0, 0.05) is 0 Å². The van der Waals surface area contributed by atoms with Crippen LogP contribution in [0.25, 0.3) is 0 Å². The highest BCUT2D eigenvalue weighted by atomic mass is 16.7. The zero-order valence-corrected chi connectivity index (χ0v) is 10.6. The van der Waals surface area contributed by atoms with Gasteiger partial charge in [0.1, 0.15) is 0 Å². The van der Waals surface area contributed by atoms with Crippen molar-refractivity contribution in [3.8, 4) is 0 Å². The molecule has 3 heteroatoms. The monoisotopic (exact) mass is 238 g/mol. The van der Waals surface area contributed by atoms with E-state index in [-0.39, 0.29) is 0 Å². The van der Waals surface area contributed by atoms with Crippen molar-refractivity contribution in [1.82, 2.24) is 0 Å². The van der Waals surface area contributed by atoms with Gasteiger partial charge in [0.15, 0.2) is 0 Å². The van der Waals surface area contributed by atoms with Crippen molar-refractivity contribution in [3.63, 3.8) is 0 Å². The zero-order chi connectivity index (χ0) is 12.3. The van der Waals surface area contributed by atoms with Crippen LogP contribution in [0.4, 0.5) is 4.79 Å². The van der Waals surface area contributed by atoms with Gasteiger partial charge in [-0.3, -0.25) is 0 Å². The first-order chi connectivity index (χ1) is 8.21. The molecule has 4 saturated carbocycles. The van der Waals surface area contributed by atoms with E-state index in [9.17, 15) is 4.79 Å². The van der Waals surface area contributed by atoms with Crippen LogP contribution in [-0.2, 0) is 9.47 Å². The Morgan fingerprint density at radius 3 is 1.53 bits per heavy atom. The molecule has 96 valence electrons. The minimum atomic E-state index is -0.741. The second-order valence-electron chi connectivity index (χ2n) is 5.62. The Morgan fingerprint density at radius 1 is 1.00 bits per heavy atom. The maximum atomic E-state index is 9.90. The van der Waals surface area contributed by atoms with E-state index in [1.807, 2.05) is 0 Å². The molecule has 0 N–H and O–H groups in total. The normalized spacial score (nSPS) is 36.8. The standard InChI is InChI=1S/C10H16.C4H6O3/c1-7-2-9-4-8(1)5-10(3-7)6-9;1-3-7-4(5)6-2/h7-10H,1-6H2;3H,1H2,2H3. The van der Waals surface area contributed by atoms with Crippen molar-refractivity contribution in [1.29, 1.82) is 0 Å². The van der Waals surface area contributed by atoms with E-state index in [0.29, 0.717) is 0 Å². The quantitative estimate of drug-likeness (QED) is 0.515. The summed E-state index contributed by atoms with van der Waals surface area (Å²) in [4.78, 5) is 9.90. The molecule has 17 heavy (non-hydrogen) atoms. The Bertz CT molecular complexity index is 229. The summed E-state index contributed by atoms with van der Waals surface area (Å²) in [6.45, 7) is 3.13. The highest BCUT2D eigenvalue weighted by molar-refractivity contribution is 5.60. The van der Waals surface area contributed by atoms with Crippen LogP contribution >= 0.6 is 0 Å². The highest BCUT2D eigenvalue weighted by Crippen LogP contribution is 2.53. The number of ether oxygens (including phenoxy) is 2. The molecule has 0 heterocycles. The van der Waals surface area contributed by atoms with Crippen molar-refractivity contribution in [2.45, 2.75) is 38.5 Å². The van der Waals surface area contributed by atoms with Gasteiger partial charge in [-0.2, -0.15) is 0 Å². The molecule has 4 aliphatic rings. The summed E-state index contributed by atoms with van der Waals surface area (Å²) in [6.07, 6.45) is 9.89. The molecule has 0 aromatic heterocycles. The SMILES string of the molecule is C1C2CC3CC1CC(C2)C3.C=COC(=O)OC. The first-order valence-electron chi connectivity index (χ1n) is 6.56. The minimum absolute atomic E-state index is 0.741. The second-order valence-corrected chi connectivity index (χ2v) is 5.62. The number of rotatable bonds is 1. The maximum absolute atomic E-state index is 9.90. The van der Waals surface area contributed by atoms with Crippen LogP contribution in [0.15, 0.2) is 12.8 Å². The molecule has 4 rings (SSSR count). The summed E-state index contributed by atoms with van der Waals surface area (Å²) in [6, 6.07) is 0. The van der Waals surface area contributed by atoms with Crippen LogP contribution in [0.2, 0.25) is 0 Å². The predicted octanol–water partition coefficient (Wildman–Crippen LogP) is 3.75. The molecular weight excluding hydrogens is 216 g/mol. The first-order valence-corrected chi connectivity index (χ1v) is 6.56. The van der Waals surface area contributed by atoms with Crippen LogP contribution in [0, 0.1) is 23.7 Å². The van der Waals surface area contributed by atoms with Crippen molar-refractivity contribution >= 4 is 6.16 Å². The van der Waals surface area contributed by atoms with Crippen LogP contribution < -0.4 is 0 Å². The Labute approximate surface area is 103 Å². The van der Waals surface area contributed by atoms with Gasteiger partial charge < -0.3 is 9.47 Å². The Kier molecular flexibility index (Phi) is 4.08. The van der Waals surface area contributed by atoms with Crippen LogP contribution in [0.5, 0.6) is 0 Å². The van der Waals surface area contributed by atoms with Crippen LogP contribution in [-0.4, -0.2) is 13.3 Å². The van der Waals surface area contributed by atoms with E-state index in [2.05, 4.69) is 16.1 Å². The van der Waals surface area contributed by atoms with Gasteiger partial charge in [0.25, 0.3) is 0 Å². The van der Waals surface area contributed by atoms with Gasteiger partial charge in [-0.1, -0.05) is 6.58 Å². The third-order valence-corrected chi connectivity index (χ3v) is 4.35. The Morgan fingerprint density at radius 2 is 1.35 bits per heavy atom. The third kappa shape index (κ3) is 3.24. The van der Waals surface area contributed by atoms with E-state index in [1.165, 1.54) is 30.8 Å². The lowest BCUT2D eigenvalue weighted by Crippen LogP contribution is -2.38. The fourth-order valence-electron chi connectivity index (χ4n) is 4.10. The molecule has 0 atom stereocenters. The fraction of sp³-hybridized carbons (Fsp3) is 0.786. The number of hydrogen-bond donors (Lipinski definition) is 0. The van der Waals surface area contributed by atoms with Gasteiger partial charge in [-0.05, 0) is 62.2 Å². The second kappa shape index (κ2) is 5.56. The van der Waals surface area contributed by atoms with Gasteiger partial charge >= 0.3 is 6.16 Å². The zero-order valence-electron chi connectivity index (χ0n) is 10.6. The summed E-state index contributed by atoms with van der Waals surface area (Å²) in [5, 5.41) is 0. The molecule has 0 radical (unpaired) electrons. The number of carbonyl (C=O) groups is 1. The van der Waals surface area contributed by atoms with Gasteiger partial charge in [-0.25, -0.2) is 4.79 Å². The smallest absolute Gasteiger partial charge is 0.437 e. The first kappa shape index (κ1) is 12.5. The molecule has 0 aliphatic heterocycles. The molecule has 4 aliphatic carbocycles. The van der Waals surface area contributed by atoms with E-state index < -0.39 is 6.16 Å². The van der Waals surface area contributed by atoms with Crippen LogP contribution in [0.3, 0.4) is 0 Å². The average molecular weight is 238 g/mol. The van der Waals surface area contributed by atoms with E-state index >= 15 is 0 Å². The molecular formula is C14H22O3. The number of carbonyl (C=O) groups excluding carboxylic acids is 1. The van der Waals surface area contributed by atoms with Crippen molar-refractivity contribution in [2.24, 2.45) is 23.7 Å². The molecule has 3 nitrogen and oxygen atoms in total. The van der Waals surface area contributed by atoms with E-state index in [0.717, 1.165) is 6.26 Å².